The zero-order chi connectivity index (χ0) is 14.8. The second-order valence-corrected chi connectivity index (χ2v) is 4.87. The highest BCUT2D eigenvalue weighted by Crippen LogP contribution is 2.31. The number of nitro groups is 1. The van der Waals surface area contributed by atoms with Crippen molar-refractivity contribution in [1.29, 1.82) is 0 Å². The molecule has 2 heterocycles. The van der Waals surface area contributed by atoms with E-state index in [2.05, 4.69) is 10.1 Å². The second kappa shape index (κ2) is 5.49. The Morgan fingerprint density at radius 1 is 1.33 bits per heavy atom. The molecule has 0 radical (unpaired) electrons. The molecule has 21 heavy (non-hydrogen) atoms. The molecule has 0 aliphatic carbocycles. The molecule has 0 atom stereocenters. The van der Waals surface area contributed by atoms with Gasteiger partial charge < -0.3 is 15.0 Å². The lowest BCUT2D eigenvalue weighted by atomic mass is 10.00. The summed E-state index contributed by atoms with van der Waals surface area (Å²) in [6.45, 7) is 1.35. The third kappa shape index (κ3) is 2.70. The van der Waals surface area contributed by atoms with Gasteiger partial charge in [-0.25, -0.2) is 0 Å². The summed E-state index contributed by atoms with van der Waals surface area (Å²) in [5.41, 5.74) is 6.52. The number of benzene rings is 1. The van der Waals surface area contributed by atoms with Crippen LogP contribution in [0.4, 0.5) is 11.4 Å². The predicted octanol–water partition coefficient (Wildman–Crippen LogP) is 2.12. The Labute approximate surface area is 120 Å². The van der Waals surface area contributed by atoms with Gasteiger partial charge in [0.25, 0.3) is 11.6 Å². The summed E-state index contributed by atoms with van der Waals surface area (Å²) in [4.78, 5) is 14.7. The highest BCUT2D eigenvalue weighted by atomic mass is 16.6. The molecule has 0 amide bonds. The van der Waals surface area contributed by atoms with Crippen LogP contribution < -0.4 is 5.73 Å². The van der Waals surface area contributed by atoms with E-state index in [-0.39, 0.29) is 17.5 Å². The molecule has 1 aromatic carbocycles. The van der Waals surface area contributed by atoms with E-state index < -0.39 is 4.92 Å². The van der Waals surface area contributed by atoms with E-state index in [4.69, 9.17) is 15.0 Å². The van der Waals surface area contributed by atoms with E-state index in [0.29, 0.717) is 30.3 Å². The molecule has 8 nitrogen and oxygen atoms in total. The van der Waals surface area contributed by atoms with Gasteiger partial charge in [0.2, 0.25) is 0 Å². The van der Waals surface area contributed by atoms with Crippen LogP contribution in [-0.4, -0.2) is 28.3 Å². The molecular weight excluding hydrogens is 276 g/mol. The smallest absolute Gasteiger partial charge is 0.270 e. The van der Waals surface area contributed by atoms with E-state index >= 15 is 0 Å². The number of hydrogen-bond acceptors (Lipinski definition) is 7. The van der Waals surface area contributed by atoms with Crippen molar-refractivity contribution >= 4 is 11.4 Å². The molecule has 0 unspecified atom stereocenters. The summed E-state index contributed by atoms with van der Waals surface area (Å²) in [5.74, 6) is 0.994. The van der Waals surface area contributed by atoms with Gasteiger partial charge in [0.1, 0.15) is 0 Å². The number of rotatable bonds is 3. The molecule has 1 saturated heterocycles. The van der Waals surface area contributed by atoms with E-state index in [0.717, 1.165) is 12.8 Å². The molecule has 1 aromatic heterocycles. The lowest BCUT2D eigenvalue weighted by molar-refractivity contribution is -0.384. The molecule has 0 bridgehead atoms. The molecule has 0 saturated carbocycles. The number of nitrogens with two attached hydrogens (primary N) is 1. The summed E-state index contributed by atoms with van der Waals surface area (Å²) in [6.07, 6.45) is 1.67. The summed E-state index contributed by atoms with van der Waals surface area (Å²) in [7, 11) is 0. The zero-order valence-corrected chi connectivity index (χ0v) is 11.2. The van der Waals surface area contributed by atoms with E-state index in [1.54, 1.807) is 0 Å². The van der Waals surface area contributed by atoms with Gasteiger partial charge in [0.15, 0.2) is 5.82 Å². The van der Waals surface area contributed by atoms with Gasteiger partial charge in [0, 0.05) is 37.0 Å². The fourth-order valence-corrected chi connectivity index (χ4v) is 2.31. The minimum atomic E-state index is -0.487. The molecule has 2 N–H and O–H groups in total. The lowest BCUT2D eigenvalue weighted by Gasteiger charge is -2.18. The van der Waals surface area contributed by atoms with Crippen molar-refractivity contribution in [3.05, 3.63) is 34.1 Å². The molecule has 3 rings (SSSR count). The van der Waals surface area contributed by atoms with Crippen LogP contribution in [0.2, 0.25) is 0 Å². The topological polar surface area (TPSA) is 117 Å². The van der Waals surface area contributed by atoms with Gasteiger partial charge in [-0.15, -0.1) is 0 Å². The monoisotopic (exact) mass is 290 g/mol. The Balaban J connectivity index is 1.92. The van der Waals surface area contributed by atoms with Gasteiger partial charge in [-0.2, -0.15) is 4.98 Å². The zero-order valence-electron chi connectivity index (χ0n) is 11.2. The van der Waals surface area contributed by atoms with Gasteiger partial charge in [-0.3, -0.25) is 10.1 Å². The number of nitrogens with zero attached hydrogens (tertiary/aromatic N) is 3. The molecule has 110 valence electrons. The highest BCUT2D eigenvalue weighted by molar-refractivity contribution is 5.73. The van der Waals surface area contributed by atoms with Crippen LogP contribution in [-0.2, 0) is 4.74 Å². The van der Waals surface area contributed by atoms with Crippen LogP contribution in [0.25, 0.3) is 11.5 Å². The molecule has 1 fully saturated rings. The van der Waals surface area contributed by atoms with Crippen LogP contribution in [0.15, 0.2) is 22.7 Å². The van der Waals surface area contributed by atoms with Gasteiger partial charge in [-0.1, -0.05) is 5.16 Å². The number of aromatic nitrogens is 2. The number of hydrogen-bond donors (Lipinski definition) is 1. The normalized spacial score (nSPS) is 16.0. The number of anilines is 1. The van der Waals surface area contributed by atoms with E-state index in [1.807, 2.05) is 0 Å². The molecule has 1 aliphatic heterocycles. The number of nitrogen functional groups attached to an aromatic ring is 1. The molecule has 2 aromatic rings. The first kappa shape index (κ1) is 13.5. The number of non-ortho nitro benzene ring substituents is 1. The molecule has 0 spiro atoms. The first-order chi connectivity index (χ1) is 10.1. The molecule has 8 heteroatoms. The summed E-state index contributed by atoms with van der Waals surface area (Å²) >= 11 is 0. The van der Waals surface area contributed by atoms with Crippen molar-refractivity contribution in [3.8, 4) is 11.5 Å². The number of nitro benzene ring substituents is 1. The number of ether oxygens (including phenoxy) is 1. The van der Waals surface area contributed by atoms with Gasteiger partial charge in [0.05, 0.1) is 10.5 Å². The van der Waals surface area contributed by atoms with Gasteiger partial charge >= 0.3 is 0 Å². The average molecular weight is 290 g/mol. The fourth-order valence-electron chi connectivity index (χ4n) is 2.31. The average Bonchev–Trinajstić information content (AvgIpc) is 2.98. The van der Waals surface area contributed by atoms with Crippen LogP contribution >= 0.6 is 0 Å². The highest BCUT2D eigenvalue weighted by Gasteiger charge is 2.23. The Morgan fingerprint density at radius 3 is 2.81 bits per heavy atom. The third-order valence-electron chi connectivity index (χ3n) is 3.51. The Morgan fingerprint density at radius 2 is 2.10 bits per heavy atom. The van der Waals surface area contributed by atoms with E-state index in [9.17, 15) is 10.1 Å². The largest absolute Gasteiger partial charge is 0.398 e. The van der Waals surface area contributed by atoms with Crippen molar-refractivity contribution in [1.82, 2.24) is 10.1 Å². The van der Waals surface area contributed by atoms with Crippen molar-refractivity contribution in [2.75, 3.05) is 18.9 Å². The summed E-state index contributed by atoms with van der Waals surface area (Å²) in [6, 6.07) is 4.15. The quantitative estimate of drug-likeness (QED) is 0.522. The van der Waals surface area contributed by atoms with Crippen molar-refractivity contribution < 1.29 is 14.2 Å². The first-order valence-electron chi connectivity index (χ1n) is 6.61. The summed E-state index contributed by atoms with van der Waals surface area (Å²) < 4.78 is 10.5. The Kier molecular flexibility index (Phi) is 3.53. The third-order valence-corrected chi connectivity index (χ3v) is 3.51. The van der Waals surface area contributed by atoms with E-state index in [1.165, 1.54) is 18.2 Å². The lowest BCUT2D eigenvalue weighted by Crippen LogP contribution is -2.15. The maximum absolute atomic E-state index is 10.8. The van der Waals surface area contributed by atoms with Crippen molar-refractivity contribution in [2.45, 2.75) is 18.8 Å². The maximum Gasteiger partial charge on any atom is 0.270 e. The Hall–Kier alpha value is -2.48. The molecular formula is C13H14N4O4. The minimum absolute atomic E-state index is 0.0648. The fraction of sp³-hybridized carbons (Fsp3) is 0.385. The van der Waals surface area contributed by atoms with Crippen LogP contribution in [0.1, 0.15) is 24.6 Å². The van der Waals surface area contributed by atoms with Crippen LogP contribution in [0.3, 0.4) is 0 Å². The van der Waals surface area contributed by atoms with Crippen molar-refractivity contribution in [2.24, 2.45) is 0 Å². The van der Waals surface area contributed by atoms with Crippen LogP contribution in [0, 0.1) is 10.1 Å². The van der Waals surface area contributed by atoms with Gasteiger partial charge in [-0.05, 0) is 18.9 Å². The Bertz CT molecular complexity index is 664. The first-order valence-corrected chi connectivity index (χ1v) is 6.61. The maximum atomic E-state index is 10.8. The van der Waals surface area contributed by atoms with Crippen molar-refractivity contribution in [3.63, 3.8) is 0 Å². The standard InChI is InChI=1S/C13H14N4O4/c14-11-2-1-9(17(18)19)7-10(11)13-15-12(16-21-13)8-3-5-20-6-4-8/h1-2,7-8H,3-6,14H2. The van der Waals surface area contributed by atoms with Crippen LogP contribution in [0.5, 0.6) is 0 Å². The minimum Gasteiger partial charge on any atom is -0.398 e. The molecule has 1 aliphatic rings. The SMILES string of the molecule is Nc1ccc([N+](=O)[O-])cc1-c1nc(C2CCOCC2)no1. The summed E-state index contributed by atoms with van der Waals surface area (Å²) in [5, 5.41) is 14.8. The predicted molar refractivity (Wildman–Crippen MR) is 73.6 cm³/mol. The second-order valence-electron chi connectivity index (χ2n) is 4.87.